The zero-order chi connectivity index (χ0) is 17.5. The maximum Gasteiger partial charge on any atom is 0.216 e. The lowest BCUT2D eigenvalue weighted by atomic mass is 10.1. The first kappa shape index (κ1) is 18.5. The van der Waals surface area contributed by atoms with Crippen molar-refractivity contribution in [3.8, 4) is 0 Å². The third kappa shape index (κ3) is 5.34. The van der Waals surface area contributed by atoms with E-state index in [9.17, 15) is 4.79 Å². The minimum absolute atomic E-state index is 0.0352. The first-order chi connectivity index (χ1) is 11.5. The molecule has 1 atom stereocenters. The van der Waals surface area contributed by atoms with Crippen LogP contribution in [-0.4, -0.2) is 27.2 Å². The van der Waals surface area contributed by atoms with E-state index in [1.54, 1.807) is 0 Å². The van der Waals surface area contributed by atoms with E-state index in [1.165, 1.54) is 6.92 Å². The third-order valence-electron chi connectivity index (χ3n) is 4.02. The summed E-state index contributed by atoms with van der Waals surface area (Å²) in [7, 11) is 0. The summed E-state index contributed by atoms with van der Waals surface area (Å²) in [5.74, 6) is 2.24. The van der Waals surface area contributed by atoms with Crippen LogP contribution in [-0.2, 0) is 24.2 Å². The van der Waals surface area contributed by atoms with Gasteiger partial charge in [0.05, 0.1) is 6.54 Å². The van der Waals surface area contributed by atoms with Gasteiger partial charge in [-0.15, -0.1) is 0 Å². The van der Waals surface area contributed by atoms with Gasteiger partial charge in [-0.05, 0) is 17.5 Å². The van der Waals surface area contributed by atoms with Crippen molar-refractivity contribution in [1.82, 2.24) is 20.1 Å². The first-order valence-electron chi connectivity index (χ1n) is 8.40. The summed E-state index contributed by atoms with van der Waals surface area (Å²) in [5, 5.41) is 8.20. The minimum Gasteiger partial charge on any atom is -0.356 e. The number of amides is 1. The fraction of sp³-hybridized carbons (Fsp3) is 0.500. The van der Waals surface area contributed by atoms with E-state index in [4.69, 9.17) is 11.6 Å². The second-order valence-corrected chi connectivity index (χ2v) is 6.55. The fourth-order valence-electron chi connectivity index (χ4n) is 2.42. The Morgan fingerprint density at radius 2 is 2.12 bits per heavy atom. The molecule has 0 saturated heterocycles. The molecule has 130 valence electrons. The van der Waals surface area contributed by atoms with Crippen molar-refractivity contribution < 1.29 is 4.79 Å². The summed E-state index contributed by atoms with van der Waals surface area (Å²) < 4.78 is 1.90. The highest BCUT2D eigenvalue weighted by molar-refractivity contribution is 6.31. The van der Waals surface area contributed by atoms with Crippen LogP contribution in [0.5, 0.6) is 0 Å². The van der Waals surface area contributed by atoms with Gasteiger partial charge in [0, 0.05) is 31.3 Å². The topological polar surface area (TPSA) is 59.8 Å². The van der Waals surface area contributed by atoms with Gasteiger partial charge in [0.2, 0.25) is 5.91 Å². The van der Waals surface area contributed by atoms with Crippen LogP contribution in [0, 0.1) is 5.92 Å². The molecule has 2 rings (SSSR count). The summed E-state index contributed by atoms with van der Waals surface area (Å²) in [5.41, 5.74) is 1.01. The Hall–Kier alpha value is -1.88. The number of hydrogen-bond acceptors (Lipinski definition) is 3. The quantitative estimate of drug-likeness (QED) is 0.796. The van der Waals surface area contributed by atoms with Gasteiger partial charge in [-0.1, -0.05) is 50.1 Å². The van der Waals surface area contributed by atoms with Crippen LogP contribution in [0.3, 0.4) is 0 Å². The molecule has 0 saturated carbocycles. The number of carbonyl (C=O) groups excluding carboxylic acids is 1. The monoisotopic (exact) mass is 348 g/mol. The second kappa shape index (κ2) is 8.83. The smallest absolute Gasteiger partial charge is 0.216 e. The van der Waals surface area contributed by atoms with Gasteiger partial charge in [0.25, 0.3) is 0 Å². The molecule has 5 nitrogen and oxygen atoms in total. The molecule has 1 aromatic carbocycles. The Bertz CT molecular complexity index is 683. The molecule has 1 heterocycles. The van der Waals surface area contributed by atoms with E-state index >= 15 is 0 Å². The molecule has 0 bridgehead atoms. The molecule has 0 aliphatic rings. The van der Waals surface area contributed by atoms with Crippen LogP contribution in [0.25, 0.3) is 0 Å². The number of nitrogens with zero attached hydrogens (tertiary/aromatic N) is 3. The minimum atomic E-state index is -0.0352. The van der Waals surface area contributed by atoms with Crippen LogP contribution in [0.4, 0.5) is 0 Å². The number of benzene rings is 1. The molecule has 2 aromatic rings. The molecule has 0 radical (unpaired) electrons. The maximum absolute atomic E-state index is 11.1. The molecule has 0 fully saturated rings. The SMILES string of the molecule is CC[C@H](C)Cc1nc(CCNC(C)=O)n(Cc2ccccc2Cl)n1. The number of rotatable bonds is 8. The number of carbonyl (C=O) groups is 1. The fourth-order valence-corrected chi connectivity index (χ4v) is 2.61. The number of aromatic nitrogens is 3. The van der Waals surface area contributed by atoms with Crippen molar-refractivity contribution in [3.05, 3.63) is 46.5 Å². The Labute approximate surface area is 148 Å². The molecular weight excluding hydrogens is 324 g/mol. The highest BCUT2D eigenvalue weighted by atomic mass is 35.5. The Morgan fingerprint density at radius 3 is 2.79 bits per heavy atom. The van der Waals surface area contributed by atoms with Crippen molar-refractivity contribution >= 4 is 17.5 Å². The lowest BCUT2D eigenvalue weighted by Gasteiger charge is -2.08. The number of nitrogens with one attached hydrogen (secondary N) is 1. The second-order valence-electron chi connectivity index (χ2n) is 6.14. The van der Waals surface area contributed by atoms with Gasteiger partial charge < -0.3 is 5.32 Å². The Morgan fingerprint density at radius 1 is 1.38 bits per heavy atom. The van der Waals surface area contributed by atoms with E-state index < -0.39 is 0 Å². The van der Waals surface area contributed by atoms with Crippen LogP contribution in [0.1, 0.15) is 44.4 Å². The molecule has 6 heteroatoms. The number of hydrogen-bond donors (Lipinski definition) is 1. The van der Waals surface area contributed by atoms with Crippen molar-refractivity contribution in [2.75, 3.05) is 6.54 Å². The maximum atomic E-state index is 11.1. The molecule has 0 spiro atoms. The molecule has 1 N–H and O–H groups in total. The zero-order valence-corrected chi connectivity index (χ0v) is 15.3. The molecule has 1 aromatic heterocycles. The van der Waals surface area contributed by atoms with Gasteiger partial charge in [0.15, 0.2) is 5.82 Å². The van der Waals surface area contributed by atoms with Gasteiger partial charge in [-0.25, -0.2) is 9.67 Å². The van der Waals surface area contributed by atoms with Crippen molar-refractivity contribution in [1.29, 1.82) is 0 Å². The Balaban J connectivity index is 2.18. The predicted octanol–water partition coefficient (Wildman–Crippen LogP) is 3.25. The third-order valence-corrected chi connectivity index (χ3v) is 4.39. The number of halogens is 1. The van der Waals surface area contributed by atoms with Crippen molar-refractivity contribution in [2.45, 2.75) is 46.6 Å². The summed E-state index contributed by atoms with van der Waals surface area (Å²) in [6, 6.07) is 7.76. The average molecular weight is 349 g/mol. The van der Waals surface area contributed by atoms with Gasteiger partial charge in [0.1, 0.15) is 5.82 Å². The molecule has 0 unspecified atom stereocenters. The Kier molecular flexibility index (Phi) is 6.79. The lowest BCUT2D eigenvalue weighted by Crippen LogP contribution is -2.23. The molecular formula is C18H25ClN4O. The molecule has 24 heavy (non-hydrogen) atoms. The molecule has 1 amide bonds. The molecule has 0 aliphatic heterocycles. The van der Waals surface area contributed by atoms with Gasteiger partial charge in [-0.2, -0.15) is 5.10 Å². The summed E-state index contributed by atoms with van der Waals surface area (Å²) in [6.07, 6.45) is 2.61. The van der Waals surface area contributed by atoms with Crippen LogP contribution in [0.15, 0.2) is 24.3 Å². The predicted molar refractivity (Wildman–Crippen MR) is 96.1 cm³/mol. The van der Waals surface area contributed by atoms with E-state index in [0.717, 1.165) is 35.1 Å². The van der Waals surface area contributed by atoms with E-state index in [2.05, 4.69) is 29.2 Å². The summed E-state index contributed by atoms with van der Waals surface area (Å²) in [6.45, 7) is 7.03. The normalized spacial score (nSPS) is 12.2. The van der Waals surface area contributed by atoms with E-state index in [1.807, 2.05) is 28.9 Å². The van der Waals surface area contributed by atoms with Gasteiger partial charge >= 0.3 is 0 Å². The van der Waals surface area contributed by atoms with Crippen LogP contribution in [0.2, 0.25) is 5.02 Å². The van der Waals surface area contributed by atoms with E-state index in [-0.39, 0.29) is 5.91 Å². The standard InChI is InChI=1S/C18H25ClN4O/c1-4-13(2)11-17-21-18(9-10-20-14(3)24)23(22-17)12-15-7-5-6-8-16(15)19/h5-8,13H,4,9-12H2,1-3H3,(H,20,24)/t13-/m0/s1. The highest BCUT2D eigenvalue weighted by Gasteiger charge is 2.13. The first-order valence-corrected chi connectivity index (χ1v) is 8.77. The largest absolute Gasteiger partial charge is 0.356 e. The van der Waals surface area contributed by atoms with Gasteiger partial charge in [-0.3, -0.25) is 4.79 Å². The lowest BCUT2D eigenvalue weighted by molar-refractivity contribution is -0.118. The van der Waals surface area contributed by atoms with Crippen molar-refractivity contribution in [3.63, 3.8) is 0 Å². The zero-order valence-electron chi connectivity index (χ0n) is 14.6. The van der Waals surface area contributed by atoms with Crippen LogP contribution >= 0.6 is 11.6 Å². The summed E-state index contributed by atoms with van der Waals surface area (Å²) in [4.78, 5) is 15.8. The summed E-state index contributed by atoms with van der Waals surface area (Å²) >= 11 is 6.27. The van der Waals surface area contributed by atoms with Crippen molar-refractivity contribution in [2.24, 2.45) is 5.92 Å². The van der Waals surface area contributed by atoms with Crippen LogP contribution < -0.4 is 5.32 Å². The molecule has 0 aliphatic carbocycles. The highest BCUT2D eigenvalue weighted by Crippen LogP contribution is 2.17. The van der Waals surface area contributed by atoms with E-state index in [0.29, 0.717) is 25.4 Å². The average Bonchev–Trinajstić information content (AvgIpc) is 2.90.